The van der Waals surface area contributed by atoms with Crippen LogP contribution in [0, 0.1) is 35.5 Å². The van der Waals surface area contributed by atoms with Gasteiger partial charge in [0.25, 0.3) is 0 Å². The summed E-state index contributed by atoms with van der Waals surface area (Å²) < 4.78 is 45.7. The van der Waals surface area contributed by atoms with Crippen LogP contribution in [-0.2, 0) is 24.7 Å². The Kier molecular flexibility index (Phi) is 17.9. The van der Waals surface area contributed by atoms with Crippen LogP contribution in [0.4, 0.5) is 0 Å². The maximum atomic E-state index is 7.61. The average molecular weight is 769 g/mol. The molecule has 0 amide bonds. The molecule has 0 saturated carbocycles. The van der Waals surface area contributed by atoms with E-state index in [1.807, 2.05) is 34.2 Å². The SMILES string of the molecule is C=C[Si]1(CC(C)C)O[Si](C=C)(CC(C)C)O[Si](C=C)(CC(C)C)O[Si](C=C)(CC(C)C)O[Si](C=C)(CC(C)C)O[Si](C=C)(CC(C)C)O1. The van der Waals surface area contributed by atoms with Gasteiger partial charge < -0.3 is 24.7 Å². The summed E-state index contributed by atoms with van der Waals surface area (Å²) in [7, 11) is -19.8. The molecule has 0 bridgehead atoms. The highest BCUT2D eigenvalue weighted by molar-refractivity contribution is 7.00. The lowest BCUT2D eigenvalue weighted by Gasteiger charge is -2.51. The molecule has 0 atom stereocenters. The lowest BCUT2D eigenvalue weighted by Crippen LogP contribution is -2.69. The molecule has 0 unspecified atom stereocenters. The zero-order chi connectivity index (χ0) is 37.2. The fourth-order valence-corrected chi connectivity index (χ4v) is 39.9. The molecule has 276 valence electrons. The van der Waals surface area contributed by atoms with Gasteiger partial charge in [-0.3, -0.25) is 0 Å². The first-order chi connectivity index (χ1) is 22.1. The van der Waals surface area contributed by atoms with Gasteiger partial charge in [0.05, 0.1) is 0 Å². The highest BCUT2D eigenvalue weighted by atomic mass is 28.5. The van der Waals surface area contributed by atoms with E-state index in [-0.39, 0.29) is 35.5 Å². The minimum absolute atomic E-state index is 0.266. The topological polar surface area (TPSA) is 55.4 Å². The summed E-state index contributed by atoms with van der Waals surface area (Å²) in [4.78, 5) is 0. The molecule has 1 heterocycles. The van der Waals surface area contributed by atoms with E-state index in [9.17, 15) is 0 Å². The van der Waals surface area contributed by atoms with Gasteiger partial charge in [0.2, 0.25) is 0 Å². The van der Waals surface area contributed by atoms with Crippen LogP contribution in [0.2, 0.25) is 36.3 Å². The second kappa shape index (κ2) is 18.8. The van der Waals surface area contributed by atoms with Gasteiger partial charge in [0, 0.05) is 0 Å². The second-order valence-corrected chi connectivity index (χ2v) is 35.8. The van der Waals surface area contributed by atoms with Crippen molar-refractivity contribution in [2.75, 3.05) is 0 Å². The first kappa shape index (κ1) is 45.5. The third-order valence-corrected chi connectivity index (χ3v) is 36.7. The van der Waals surface area contributed by atoms with Gasteiger partial charge in [-0.2, -0.15) is 0 Å². The first-order valence-corrected chi connectivity index (χ1v) is 30.7. The van der Waals surface area contributed by atoms with Crippen LogP contribution in [-0.4, -0.2) is 51.4 Å². The van der Waals surface area contributed by atoms with Crippen molar-refractivity contribution in [1.29, 1.82) is 0 Å². The predicted molar refractivity (Wildman–Crippen MR) is 220 cm³/mol. The summed E-state index contributed by atoms with van der Waals surface area (Å²) in [5.74, 6) is 1.60. The molecule has 0 aromatic rings. The van der Waals surface area contributed by atoms with Crippen LogP contribution in [0.25, 0.3) is 0 Å². The molecule has 0 aromatic heterocycles. The summed E-state index contributed by atoms with van der Waals surface area (Å²) in [6.07, 6.45) is 0. The summed E-state index contributed by atoms with van der Waals surface area (Å²) in [5.41, 5.74) is 11.7. The van der Waals surface area contributed by atoms with Crippen molar-refractivity contribution in [3.05, 3.63) is 73.7 Å². The molecule has 12 heteroatoms. The molecule has 1 aliphatic heterocycles. The van der Waals surface area contributed by atoms with Crippen LogP contribution in [0.1, 0.15) is 83.1 Å². The number of rotatable bonds is 18. The maximum Gasteiger partial charge on any atom is 0.347 e. The van der Waals surface area contributed by atoms with E-state index in [2.05, 4.69) is 123 Å². The molecule has 0 aliphatic carbocycles. The van der Waals surface area contributed by atoms with E-state index in [0.717, 1.165) is 0 Å². The normalized spacial score (nSPS) is 33.9. The standard InChI is InChI=1S/C36H72O6Si6/c1-19-43(25-31(7)8)37-44(20-2,26-32(9)10)39-46(22-4,28-34(13)14)41-48(24-6,30-36(17)18)42-47(23-5,29-35(15)16)40-45(21-3,38-43)27-33(11)12/h19-24,31-36H,1-6,25-30H2,7-18H3. The van der Waals surface area contributed by atoms with Crippen molar-refractivity contribution < 1.29 is 24.7 Å². The van der Waals surface area contributed by atoms with E-state index in [4.69, 9.17) is 24.7 Å². The zero-order valence-electron chi connectivity index (χ0n) is 32.9. The lowest BCUT2D eigenvalue weighted by atomic mass is 10.3. The fourth-order valence-electron chi connectivity index (χ4n) is 6.79. The molecule has 0 aromatic carbocycles. The Labute approximate surface area is 303 Å². The predicted octanol–water partition coefficient (Wildman–Crippen LogP) is 11.0. The third-order valence-electron chi connectivity index (χ3n) is 8.10. The molecular weight excluding hydrogens is 697 g/mol. The molecule has 6 nitrogen and oxygen atoms in total. The van der Waals surface area contributed by atoms with Gasteiger partial charge >= 0.3 is 51.4 Å². The fraction of sp³-hybridized carbons (Fsp3) is 0.667. The van der Waals surface area contributed by atoms with E-state index in [1.54, 1.807) is 0 Å². The van der Waals surface area contributed by atoms with Gasteiger partial charge in [-0.05, 0) is 71.8 Å². The number of hydrogen-bond donors (Lipinski definition) is 0. The zero-order valence-corrected chi connectivity index (χ0v) is 38.9. The van der Waals surface area contributed by atoms with Crippen molar-refractivity contribution in [3.63, 3.8) is 0 Å². The van der Waals surface area contributed by atoms with E-state index in [1.165, 1.54) is 0 Å². The van der Waals surface area contributed by atoms with E-state index < -0.39 is 51.4 Å². The molecule has 1 rings (SSSR count). The van der Waals surface area contributed by atoms with E-state index in [0.29, 0.717) is 36.3 Å². The Balaban J connectivity index is 4.56. The van der Waals surface area contributed by atoms with Gasteiger partial charge in [-0.15, -0.1) is 39.5 Å². The minimum Gasteiger partial charge on any atom is -0.409 e. The first-order valence-electron chi connectivity index (χ1n) is 18.1. The number of hydrogen-bond acceptors (Lipinski definition) is 6. The quantitative estimate of drug-likeness (QED) is 0.129. The van der Waals surface area contributed by atoms with Gasteiger partial charge in [-0.25, -0.2) is 0 Å². The Hall–Kier alpha value is -0.499. The maximum absolute atomic E-state index is 7.61. The average Bonchev–Trinajstić information content (AvgIpc) is 2.94. The second-order valence-electron chi connectivity index (χ2n) is 16.3. The van der Waals surface area contributed by atoms with Crippen molar-refractivity contribution in [2.24, 2.45) is 35.5 Å². The molecule has 0 N–H and O–H groups in total. The van der Waals surface area contributed by atoms with Gasteiger partial charge in [0.15, 0.2) is 0 Å². The minimum atomic E-state index is -3.29. The Morgan fingerprint density at radius 1 is 0.292 bits per heavy atom. The lowest BCUT2D eigenvalue weighted by molar-refractivity contribution is 0.226. The van der Waals surface area contributed by atoms with Crippen LogP contribution < -0.4 is 0 Å². The summed E-state index contributed by atoms with van der Waals surface area (Å²) >= 11 is 0. The smallest absolute Gasteiger partial charge is 0.347 e. The van der Waals surface area contributed by atoms with Crippen LogP contribution in [0.5, 0.6) is 0 Å². The highest BCUT2D eigenvalue weighted by Crippen LogP contribution is 2.43. The molecule has 1 aliphatic rings. The van der Waals surface area contributed by atoms with Crippen LogP contribution in [0.3, 0.4) is 0 Å². The van der Waals surface area contributed by atoms with Crippen LogP contribution in [0.15, 0.2) is 73.7 Å². The molecule has 1 fully saturated rings. The van der Waals surface area contributed by atoms with E-state index >= 15 is 0 Å². The summed E-state index contributed by atoms with van der Waals surface area (Å²) in [6, 6.07) is 4.11. The Morgan fingerprint density at radius 2 is 0.396 bits per heavy atom. The molecular formula is C36H72O6Si6. The molecule has 1 saturated heterocycles. The van der Waals surface area contributed by atoms with Crippen molar-refractivity contribution >= 4 is 51.4 Å². The van der Waals surface area contributed by atoms with Gasteiger partial charge in [0.1, 0.15) is 0 Å². The van der Waals surface area contributed by atoms with Gasteiger partial charge in [-0.1, -0.05) is 117 Å². The highest BCUT2D eigenvalue weighted by Gasteiger charge is 2.61. The molecule has 48 heavy (non-hydrogen) atoms. The molecule has 0 spiro atoms. The van der Waals surface area contributed by atoms with Crippen molar-refractivity contribution in [3.8, 4) is 0 Å². The summed E-state index contributed by atoms with van der Waals surface area (Å²) in [6.45, 7) is 52.8. The monoisotopic (exact) mass is 768 g/mol. The Bertz CT molecular complexity index is 860. The van der Waals surface area contributed by atoms with Crippen molar-refractivity contribution in [2.45, 2.75) is 119 Å². The summed E-state index contributed by atoms with van der Waals surface area (Å²) in [5, 5.41) is 0. The Morgan fingerprint density at radius 3 is 0.458 bits per heavy atom. The van der Waals surface area contributed by atoms with Crippen molar-refractivity contribution in [1.82, 2.24) is 0 Å². The van der Waals surface area contributed by atoms with Crippen LogP contribution >= 0.6 is 0 Å². The molecule has 0 radical (unpaired) electrons. The third kappa shape index (κ3) is 12.9. The largest absolute Gasteiger partial charge is 0.409 e.